The molecule has 0 bridgehead atoms. The quantitative estimate of drug-likeness (QED) is 0.629. The van der Waals surface area contributed by atoms with Crippen molar-refractivity contribution in [3.05, 3.63) is 29.8 Å². The maximum Gasteiger partial charge on any atom is 2.00 e. The van der Waals surface area contributed by atoms with Crippen molar-refractivity contribution in [1.82, 2.24) is 0 Å². The van der Waals surface area contributed by atoms with Gasteiger partial charge in [-0.1, -0.05) is 43.7 Å². The molecule has 0 aliphatic heterocycles. The van der Waals surface area contributed by atoms with E-state index in [9.17, 15) is 5.11 Å². The second-order valence-corrected chi connectivity index (χ2v) is 2.69. The molecule has 12 heavy (non-hydrogen) atoms. The van der Waals surface area contributed by atoms with Gasteiger partial charge in [0.25, 0.3) is 0 Å². The summed E-state index contributed by atoms with van der Waals surface area (Å²) in [5.74, 6) is 0.492. The molecule has 1 rings (SSSR count). The molecule has 0 amide bonds. The molecule has 64 valence electrons. The Morgan fingerprint density at radius 3 is 2.00 bits per heavy atom. The summed E-state index contributed by atoms with van der Waals surface area (Å²) < 4.78 is 0. The molecule has 0 unspecified atom stereocenters. The first kappa shape index (κ1) is 14.7. The minimum absolute atomic E-state index is 0. The summed E-state index contributed by atoms with van der Waals surface area (Å²) in [6, 6.07) is 7.16. The zero-order valence-electron chi connectivity index (χ0n) is 7.17. The van der Waals surface area contributed by atoms with Gasteiger partial charge < -0.3 is 17.5 Å². The Labute approximate surface area is 98.7 Å². The van der Waals surface area contributed by atoms with E-state index in [-0.39, 0.29) is 44.4 Å². The Morgan fingerprint density at radius 2 is 1.67 bits per heavy atom. The minimum Gasteiger partial charge on any atom is -1.00 e. The third-order valence-corrected chi connectivity index (χ3v) is 1.54. The fraction of sp³-hybridized carbons (Fsp3) is 0.333. The molecule has 0 aromatic heterocycles. The zero-order chi connectivity index (χ0) is 7.56. The molecule has 3 heteroatoms. The molecule has 0 atom stereocenters. The Hall–Kier alpha value is 0.193. The van der Waals surface area contributed by atoms with Gasteiger partial charge in [0.1, 0.15) is 0 Å². The van der Waals surface area contributed by atoms with Crippen LogP contribution in [0, 0.1) is 0 Å². The predicted octanol–water partition coefficient (Wildman–Crippen LogP) is -1.11. The molecule has 0 radical (unpaired) electrons. The summed E-state index contributed by atoms with van der Waals surface area (Å²) in [6.07, 6.45) is 0. The van der Waals surface area contributed by atoms with Crippen LogP contribution in [0.2, 0.25) is 0 Å². The Bertz CT molecular complexity index is 226. The van der Waals surface area contributed by atoms with E-state index in [2.05, 4.69) is 0 Å². The van der Waals surface area contributed by atoms with Crippen molar-refractivity contribution < 1.29 is 43.7 Å². The smallest absolute Gasteiger partial charge is 1.00 e. The number of benzene rings is 1. The summed E-state index contributed by atoms with van der Waals surface area (Å²) in [5.41, 5.74) is 0.905. The van der Waals surface area contributed by atoms with Gasteiger partial charge in [0.05, 0.1) is 0 Å². The molecule has 0 saturated carbocycles. The van der Waals surface area contributed by atoms with E-state index in [1.54, 1.807) is 12.1 Å². The van der Waals surface area contributed by atoms with E-state index < -0.39 is 0 Å². The molecule has 1 nitrogen and oxygen atoms in total. The van der Waals surface area contributed by atoms with Crippen molar-refractivity contribution in [2.24, 2.45) is 0 Å². The van der Waals surface area contributed by atoms with Gasteiger partial charge in [-0.15, -0.1) is 5.75 Å². The standard InChI is InChI=1S/C9H12O.ClH.Zr/c1-7(2)8-5-3-4-6-9(8)10;;/h3-7,10H,1-2H3;1H;/q;;+2/p-2. The van der Waals surface area contributed by atoms with Crippen molar-refractivity contribution >= 4 is 0 Å². The van der Waals surface area contributed by atoms with Gasteiger partial charge in [0.2, 0.25) is 0 Å². The van der Waals surface area contributed by atoms with Crippen LogP contribution in [-0.2, 0) is 26.2 Å². The molecule has 0 spiro atoms. The van der Waals surface area contributed by atoms with Gasteiger partial charge >= 0.3 is 26.2 Å². The van der Waals surface area contributed by atoms with Crippen LogP contribution in [0.4, 0.5) is 0 Å². The third kappa shape index (κ3) is 3.73. The van der Waals surface area contributed by atoms with Crippen molar-refractivity contribution in [3.63, 3.8) is 0 Å². The molecule has 1 aromatic carbocycles. The van der Waals surface area contributed by atoms with Gasteiger partial charge in [-0.05, 0) is 5.92 Å². The van der Waals surface area contributed by atoms with Gasteiger partial charge in [0, 0.05) is 0 Å². The largest absolute Gasteiger partial charge is 2.00 e. The van der Waals surface area contributed by atoms with Crippen molar-refractivity contribution in [3.8, 4) is 5.75 Å². The summed E-state index contributed by atoms with van der Waals surface area (Å²) in [4.78, 5) is 0. The molecule has 0 saturated heterocycles. The maximum absolute atomic E-state index is 11.1. The predicted molar refractivity (Wildman–Crippen MR) is 40.0 cm³/mol. The van der Waals surface area contributed by atoms with Crippen LogP contribution in [0.1, 0.15) is 25.3 Å². The molecule has 0 N–H and O–H groups in total. The number of hydrogen-bond donors (Lipinski definition) is 0. The average molecular weight is 262 g/mol. The Kier molecular flexibility index (Phi) is 8.19. The zero-order valence-corrected chi connectivity index (χ0v) is 10.4. The Balaban J connectivity index is 0. The first-order valence-electron chi connectivity index (χ1n) is 3.47. The second-order valence-electron chi connectivity index (χ2n) is 2.69. The molecule has 0 fully saturated rings. The van der Waals surface area contributed by atoms with Crippen LogP contribution in [0.3, 0.4) is 0 Å². The second kappa shape index (κ2) is 6.68. The van der Waals surface area contributed by atoms with Crippen LogP contribution in [0.25, 0.3) is 0 Å². The normalized spacial score (nSPS) is 8.58. The molecule has 0 aliphatic rings. The van der Waals surface area contributed by atoms with Crippen molar-refractivity contribution in [2.45, 2.75) is 19.8 Å². The number of para-hydroxylation sites is 1. The minimum atomic E-state index is 0. The van der Waals surface area contributed by atoms with Gasteiger partial charge in [-0.25, -0.2) is 0 Å². The van der Waals surface area contributed by atoms with Crippen molar-refractivity contribution in [2.75, 3.05) is 0 Å². The van der Waals surface area contributed by atoms with Crippen LogP contribution in [-0.4, -0.2) is 0 Å². The molecule has 0 aliphatic carbocycles. The van der Waals surface area contributed by atoms with Gasteiger partial charge in [0.15, 0.2) is 0 Å². The topological polar surface area (TPSA) is 23.1 Å². The van der Waals surface area contributed by atoms with E-state index in [4.69, 9.17) is 0 Å². The monoisotopic (exact) mass is 260 g/mol. The molecule has 1 aromatic rings. The molecular weight excluding hydrogens is 251 g/mol. The first-order chi connectivity index (χ1) is 4.72. The SMILES string of the molecule is CC(C)c1ccccc1[O-].[Cl-].[Zr+2]. The molecular formula is C9H11ClOZr. The van der Waals surface area contributed by atoms with E-state index in [0.717, 1.165) is 5.56 Å². The van der Waals surface area contributed by atoms with Crippen LogP contribution in [0.15, 0.2) is 24.3 Å². The van der Waals surface area contributed by atoms with Crippen LogP contribution in [0.5, 0.6) is 5.75 Å². The summed E-state index contributed by atoms with van der Waals surface area (Å²) in [6.45, 7) is 4.05. The number of hydrogen-bond acceptors (Lipinski definition) is 1. The summed E-state index contributed by atoms with van der Waals surface area (Å²) in [5, 5.41) is 11.1. The van der Waals surface area contributed by atoms with E-state index in [1.165, 1.54) is 0 Å². The summed E-state index contributed by atoms with van der Waals surface area (Å²) >= 11 is 0. The third-order valence-electron chi connectivity index (χ3n) is 1.54. The number of halogens is 1. The van der Waals surface area contributed by atoms with Crippen LogP contribution < -0.4 is 17.5 Å². The summed E-state index contributed by atoms with van der Waals surface area (Å²) in [7, 11) is 0. The Morgan fingerprint density at radius 1 is 1.17 bits per heavy atom. The van der Waals surface area contributed by atoms with Crippen LogP contribution >= 0.6 is 0 Å². The fourth-order valence-corrected chi connectivity index (χ4v) is 0.958. The number of rotatable bonds is 1. The fourth-order valence-electron chi connectivity index (χ4n) is 0.958. The average Bonchev–Trinajstić information content (AvgIpc) is 1.88. The van der Waals surface area contributed by atoms with Gasteiger partial charge in [-0.2, -0.15) is 0 Å². The van der Waals surface area contributed by atoms with E-state index in [1.807, 2.05) is 26.0 Å². The van der Waals surface area contributed by atoms with Crippen molar-refractivity contribution in [1.29, 1.82) is 0 Å². The molecule has 0 heterocycles. The van der Waals surface area contributed by atoms with E-state index >= 15 is 0 Å². The first-order valence-corrected chi connectivity index (χ1v) is 3.47. The maximum atomic E-state index is 11.1. The van der Waals surface area contributed by atoms with Gasteiger partial charge in [-0.3, -0.25) is 0 Å². The van der Waals surface area contributed by atoms with E-state index in [0.29, 0.717) is 5.92 Å².